The number of amides is 1. The SMILES string of the molecule is COC(=O)[C@H]1O[C@@H](NC(=S)N/N=C/c2ccc(NC(C)=O)cc2)[C@H](OC(C)=O)[C@@H](OC(C)=O)[C@@H]1OC(C)=O. The molecule has 1 aliphatic heterocycles. The first-order chi connectivity index (χ1) is 17.9. The Morgan fingerprint density at radius 3 is 1.97 bits per heavy atom. The Kier molecular flexibility index (Phi) is 11.1. The van der Waals surface area contributed by atoms with Crippen molar-refractivity contribution < 1.29 is 47.7 Å². The van der Waals surface area contributed by atoms with E-state index in [9.17, 15) is 24.0 Å². The lowest BCUT2D eigenvalue weighted by Gasteiger charge is -2.43. The van der Waals surface area contributed by atoms with Crippen LogP contribution in [0.2, 0.25) is 0 Å². The van der Waals surface area contributed by atoms with Crippen LogP contribution in [0.5, 0.6) is 0 Å². The van der Waals surface area contributed by atoms with E-state index in [4.69, 9.17) is 35.9 Å². The van der Waals surface area contributed by atoms with E-state index >= 15 is 0 Å². The van der Waals surface area contributed by atoms with Crippen LogP contribution >= 0.6 is 12.2 Å². The highest BCUT2D eigenvalue weighted by Gasteiger charge is 2.55. The van der Waals surface area contributed by atoms with Gasteiger partial charge in [0, 0.05) is 33.4 Å². The van der Waals surface area contributed by atoms with Gasteiger partial charge in [0.2, 0.25) is 5.91 Å². The van der Waals surface area contributed by atoms with Crippen molar-refractivity contribution >= 4 is 59.0 Å². The number of ether oxygens (including phenoxy) is 5. The molecule has 0 aliphatic carbocycles. The largest absolute Gasteiger partial charge is 0.467 e. The number of carbonyl (C=O) groups excluding carboxylic acids is 5. The fourth-order valence-electron chi connectivity index (χ4n) is 3.42. The highest BCUT2D eigenvalue weighted by molar-refractivity contribution is 7.80. The number of rotatable bonds is 8. The lowest BCUT2D eigenvalue weighted by Crippen LogP contribution is -2.67. The Labute approximate surface area is 223 Å². The summed E-state index contributed by atoms with van der Waals surface area (Å²) in [5, 5.41) is 9.22. The smallest absolute Gasteiger partial charge is 0.339 e. The van der Waals surface area contributed by atoms with E-state index in [1.807, 2.05) is 0 Å². The number of hydrogen-bond donors (Lipinski definition) is 3. The summed E-state index contributed by atoms with van der Waals surface area (Å²) in [6, 6.07) is 6.77. The molecule has 5 atom stereocenters. The molecule has 38 heavy (non-hydrogen) atoms. The number of benzene rings is 1. The summed E-state index contributed by atoms with van der Waals surface area (Å²) < 4.78 is 26.2. The molecule has 0 saturated carbocycles. The normalized spacial score (nSPS) is 22.5. The van der Waals surface area contributed by atoms with E-state index in [2.05, 4.69) is 21.2 Å². The minimum absolute atomic E-state index is 0.116. The second-order valence-corrected chi connectivity index (χ2v) is 8.28. The summed E-state index contributed by atoms with van der Waals surface area (Å²) in [5.41, 5.74) is 3.83. The fourth-order valence-corrected chi connectivity index (χ4v) is 3.58. The molecular weight excluding hydrogens is 524 g/mol. The first-order valence-electron chi connectivity index (χ1n) is 11.1. The summed E-state index contributed by atoms with van der Waals surface area (Å²) in [6.45, 7) is 4.67. The number of carbonyl (C=O) groups is 5. The molecule has 3 N–H and O–H groups in total. The van der Waals surface area contributed by atoms with Crippen molar-refractivity contribution in [2.45, 2.75) is 58.3 Å². The number of thiocarbonyl (C=S) groups is 1. The Bertz CT molecular complexity index is 1090. The highest BCUT2D eigenvalue weighted by Crippen LogP contribution is 2.28. The summed E-state index contributed by atoms with van der Waals surface area (Å²) in [7, 11) is 1.08. The Balaban J connectivity index is 2.23. The lowest BCUT2D eigenvalue weighted by molar-refractivity contribution is -0.250. The van der Waals surface area contributed by atoms with Gasteiger partial charge in [-0.3, -0.25) is 24.6 Å². The number of nitrogens with one attached hydrogen (secondary N) is 3. The number of hydrazone groups is 1. The molecule has 2 rings (SSSR count). The minimum atomic E-state index is -1.56. The zero-order valence-corrected chi connectivity index (χ0v) is 22.0. The van der Waals surface area contributed by atoms with E-state index in [-0.39, 0.29) is 11.0 Å². The molecule has 15 heteroatoms. The van der Waals surface area contributed by atoms with Gasteiger partial charge in [0.15, 0.2) is 35.8 Å². The van der Waals surface area contributed by atoms with E-state index in [1.54, 1.807) is 24.3 Å². The number of anilines is 1. The van der Waals surface area contributed by atoms with Crippen molar-refractivity contribution in [2.24, 2.45) is 5.10 Å². The van der Waals surface area contributed by atoms with Gasteiger partial charge in [-0.25, -0.2) is 4.79 Å². The molecule has 1 aromatic rings. The molecule has 1 saturated heterocycles. The molecule has 1 fully saturated rings. The molecule has 206 valence electrons. The predicted octanol–water partition coefficient (Wildman–Crippen LogP) is 0.136. The van der Waals surface area contributed by atoms with Gasteiger partial charge in [-0.1, -0.05) is 12.1 Å². The van der Waals surface area contributed by atoms with E-state index < -0.39 is 54.5 Å². The summed E-state index contributed by atoms with van der Waals surface area (Å²) in [4.78, 5) is 59.0. The fraction of sp³-hybridized carbons (Fsp3) is 0.435. The van der Waals surface area contributed by atoms with Crippen molar-refractivity contribution in [3.05, 3.63) is 29.8 Å². The van der Waals surface area contributed by atoms with Crippen LogP contribution < -0.4 is 16.1 Å². The van der Waals surface area contributed by atoms with E-state index in [0.717, 1.165) is 27.9 Å². The molecule has 0 unspecified atom stereocenters. The Hall–Kier alpha value is -4.11. The quantitative estimate of drug-likeness (QED) is 0.130. The first-order valence-corrected chi connectivity index (χ1v) is 11.5. The van der Waals surface area contributed by atoms with Crippen molar-refractivity contribution in [3.63, 3.8) is 0 Å². The Morgan fingerprint density at radius 2 is 1.45 bits per heavy atom. The maximum atomic E-state index is 12.5. The van der Waals surface area contributed by atoms with Crippen LogP contribution in [-0.4, -0.2) is 78.9 Å². The minimum Gasteiger partial charge on any atom is -0.467 e. The highest BCUT2D eigenvalue weighted by atomic mass is 32.1. The van der Waals surface area contributed by atoms with Crippen LogP contribution in [0, 0.1) is 0 Å². The van der Waals surface area contributed by atoms with Crippen molar-refractivity contribution in [2.75, 3.05) is 12.4 Å². The van der Waals surface area contributed by atoms with Crippen molar-refractivity contribution in [1.29, 1.82) is 0 Å². The number of nitrogens with zero attached hydrogens (tertiary/aromatic N) is 1. The van der Waals surface area contributed by atoms with E-state index in [1.165, 1.54) is 13.1 Å². The lowest BCUT2D eigenvalue weighted by atomic mass is 9.97. The molecule has 1 aliphatic rings. The molecule has 0 spiro atoms. The molecule has 1 heterocycles. The summed E-state index contributed by atoms with van der Waals surface area (Å²) >= 11 is 5.23. The second-order valence-electron chi connectivity index (χ2n) is 7.87. The topological polar surface area (TPSA) is 180 Å². The molecule has 1 amide bonds. The van der Waals surface area contributed by atoms with Crippen molar-refractivity contribution in [3.8, 4) is 0 Å². The molecule has 0 aromatic heterocycles. The number of esters is 4. The van der Waals surface area contributed by atoms with Crippen LogP contribution in [0.25, 0.3) is 0 Å². The standard InChI is InChI=1S/C23H28N4O10S/c1-11(28)25-16-8-6-15(7-9-16)10-24-27-23(38)26-21-19(36-14(4)31)17(34-12(2)29)18(35-13(3)30)20(37-21)22(32)33-5/h6-10,17-21H,1-5H3,(H,25,28)(H2,26,27,38)/b24-10+/t17-,18-,19+,20-,21+/m0/s1. The van der Waals surface area contributed by atoms with Crippen LogP contribution in [0.4, 0.5) is 5.69 Å². The molecular formula is C23H28N4O10S. The molecule has 0 bridgehead atoms. The van der Waals surface area contributed by atoms with E-state index in [0.29, 0.717) is 11.3 Å². The predicted molar refractivity (Wildman–Crippen MR) is 135 cm³/mol. The van der Waals surface area contributed by atoms with Gasteiger partial charge < -0.3 is 34.3 Å². The number of methoxy groups -OCH3 is 1. The number of hydrogen-bond acceptors (Lipinski definition) is 12. The van der Waals surface area contributed by atoms with Gasteiger partial charge in [-0.05, 0) is 29.9 Å². The van der Waals surface area contributed by atoms with Gasteiger partial charge in [0.25, 0.3) is 0 Å². The zero-order chi connectivity index (χ0) is 28.4. The second kappa shape index (κ2) is 14.0. The molecule has 1 aromatic carbocycles. The zero-order valence-electron chi connectivity index (χ0n) is 21.2. The van der Waals surface area contributed by atoms with Crippen molar-refractivity contribution in [1.82, 2.24) is 10.7 Å². The van der Waals surface area contributed by atoms with Crippen LogP contribution in [0.1, 0.15) is 33.3 Å². The van der Waals surface area contributed by atoms with Gasteiger partial charge >= 0.3 is 23.9 Å². The average Bonchev–Trinajstić information content (AvgIpc) is 2.82. The monoisotopic (exact) mass is 552 g/mol. The van der Waals surface area contributed by atoms with Gasteiger partial charge in [0.05, 0.1) is 13.3 Å². The third kappa shape index (κ3) is 9.08. The third-order valence-corrected chi connectivity index (χ3v) is 4.97. The maximum Gasteiger partial charge on any atom is 0.339 e. The third-order valence-electron chi connectivity index (χ3n) is 4.76. The summed E-state index contributed by atoms with van der Waals surface area (Å²) in [6.07, 6.45) is -5.83. The molecule has 0 radical (unpaired) electrons. The Morgan fingerprint density at radius 1 is 0.895 bits per heavy atom. The van der Waals surface area contributed by atoms with Gasteiger partial charge in [-0.15, -0.1) is 0 Å². The van der Waals surface area contributed by atoms with Gasteiger partial charge in [-0.2, -0.15) is 5.10 Å². The molecule has 14 nitrogen and oxygen atoms in total. The van der Waals surface area contributed by atoms with Gasteiger partial charge in [0.1, 0.15) is 0 Å². The maximum absolute atomic E-state index is 12.5. The summed E-state index contributed by atoms with van der Waals surface area (Å²) in [5.74, 6) is -3.54. The van der Waals surface area contributed by atoms with Crippen LogP contribution in [0.3, 0.4) is 0 Å². The van der Waals surface area contributed by atoms with Crippen LogP contribution in [-0.2, 0) is 47.7 Å². The first kappa shape index (κ1) is 30.1. The average molecular weight is 553 g/mol. The van der Waals surface area contributed by atoms with Crippen LogP contribution in [0.15, 0.2) is 29.4 Å².